The number of aromatic nitrogens is 4. The second-order valence-corrected chi connectivity index (χ2v) is 13.0. The fourth-order valence-electron chi connectivity index (χ4n) is 7.58. The number of allylic oxidation sites excluding steroid dienone is 1. The van der Waals surface area contributed by atoms with Crippen LogP contribution in [0.3, 0.4) is 0 Å². The van der Waals surface area contributed by atoms with Gasteiger partial charge in [-0.1, -0.05) is 42.8 Å². The highest BCUT2D eigenvalue weighted by Crippen LogP contribution is 2.66. The van der Waals surface area contributed by atoms with Gasteiger partial charge in [-0.2, -0.15) is 15.0 Å². The lowest BCUT2D eigenvalue weighted by Gasteiger charge is -2.37. The van der Waals surface area contributed by atoms with Crippen LogP contribution >= 0.6 is 0 Å². The summed E-state index contributed by atoms with van der Waals surface area (Å²) in [5.74, 6) is 3.62. The molecule has 1 spiro atoms. The van der Waals surface area contributed by atoms with Gasteiger partial charge in [0.05, 0.1) is 25.9 Å². The summed E-state index contributed by atoms with van der Waals surface area (Å²) in [6.07, 6.45) is 12.0. The molecule has 0 amide bonds. The largest absolute Gasteiger partial charge is 0.395 e. The fraction of sp³-hybridized carbons (Fsp3) is 0.606. The van der Waals surface area contributed by atoms with Crippen LogP contribution in [0, 0.1) is 17.3 Å². The third kappa shape index (κ3) is 5.04. The average Bonchev–Trinajstić information content (AvgIpc) is 3.53. The third-order valence-electron chi connectivity index (χ3n) is 10.5. The number of nitrogens with one attached hydrogen (secondary N) is 2. The fourth-order valence-corrected chi connectivity index (χ4v) is 7.58. The molecule has 9 nitrogen and oxygen atoms in total. The minimum absolute atomic E-state index is 0.0190. The molecule has 3 heterocycles. The molecule has 9 heteroatoms. The van der Waals surface area contributed by atoms with Crippen LogP contribution in [0.25, 0.3) is 11.2 Å². The van der Waals surface area contributed by atoms with Crippen molar-refractivity contribution in [2.75, 3.05) is 48.4 Å². The SMILES string of the molecule is C=CC1CCC2(CC1)C[C@H]2n1c(N2CCOC[C@H]2c2ccccc2)nc2nc(NCCO)nc(N[C@H](C)C3CCC3)c21. The molecule has 224 valence electrons. The number of aliphatic hydroxyl groups is 1. The summed E-state index contributed by atoms with van der Waals surface area (Å²) in [6.45, 7) is 8.85. The van der Waals surface area contributed by atoms with Gasteiger partial charge in [0.2, 0.25) is 11.9 Å². The molecule has 7 rings (SSSR count). The van der Waals surface area contributed by atoms with Crippen LogP contribution in [0.1, 0.15) is 75.9 Å². The highest BCUT2D eigenvalue weighted by molar-refractivity contribution is 5.88. The molecular weight excluding hydrogens is 526 g/mol. The molecule has 3 atom stereocenters. The van der Waals surface area contributed by atoms with Crippen LogP contribution in [0.15, 0.2) is 43.0 Å². The second kappa shape index (κ2) is 11.5. The van der Waals surface area contributed by atoms with Gasteiger partial charge in [-0.3, -0.25) is 0 Å². The molecule has 2 aromatic heterocycles. The number of hydrogen-bond donors (Lipinski definition) is 3. The highest BCUT2D eigenvalue weighted by atomic mass is 16.5. The topological polar surface area (TPSA) is 100 Å². The van der Waals surface area contributed by atoms with Crippen molar-refractivity contribution < 1.29 is 9.84 Å². The molecule has 3 aromatic rings. The van der Waals surface area contributed by atoms with Gasteiger partial charge < -0.3 is 29.9 Å². The Bertz CT molecular complexity index is 1400. The Kier molecular flexibility index (Phi) is 7.56. The minimum Gasteiger partial charge on any atom is -0.395 e. The lowest BCUT2D eigenvalue weighted by Crippen LogP contribution is -2.41. The summed E-state index contributed by atoms with van der Waals surface area (Å²) in [6, 6.07) is 11.4. The van der Waals surface area contributed by atoms with Gasteiger partial charge >= 0.3 is 0 Å². The summed E-state index contributed by atoms with van der Waals surface area (Å²) in [5, 5.41) is 16.5. The Hall–Kier alpha value is -3.17. The Morgan fingerprint density at radius 1 is 1.14 bits per heavy atom. The average molecular weight is 572 g/mol. The molecule has 0 bridgehead atoms. The number of fused-ring (bicyclic) bond motifs is 1. The molecule has 4 fully saturated rings. The molecule has 1 saturated heterocycles. The Labute approximate surface area is 248 Å². The molecule has 3 N–H and O–H groups in total. The van der Waals surface area contributed by atoms with Crippen molar-refractivity contribution in [3.8, 4) is 0 Å². The summed E-state index contributed by atoms with van der Waals surface area (Å²) in [7, 11) is 0. The maximum atomic E-state index is 9.50. The van der Waals surface area contributed by atoms with Crippen LogP contribution in [-0.2, 0) is 4.74 Å². The van der Waals surface area contributed by atoms with E-state index in [2.05, 4.69) is 70.0 Å². The Morgan fingerprint density at radius 3 is 2.67 bits per heavy atom. The van der Waals surface area contributed by atoms with Gasteiger partial charge in [0.25, 0.3) is 0 Å². The first-order valence-corrected chi connectivity index (χ1v) is 16.0. The van der Waals surface area contributed by atoms with Crippen LogP contribution in [0.5, 0.6) is 0 Å². The molecule has 0 unspecified atom stereocenters. The number of hydrogen-bond acceptors (Lipinski definition) is 8. The number of anilines is 3. The van der Waals surface area contributed by atoms with Gasteiger partial charge in [-0.05, 0) is 74.7 Å². The number of morpholine rings is 1. The van der Waals surface area contributed by atoms with Gasteiger partial charge in [0.1, 0.15) is 5.52 Å². The number of rotatable bonds is 10. The highest BCUT2D eigenvalue weighted by Gasteiger charge is 2.57. The maximum absolute atomic E-state index is 9.50. The smallest absolute Gasteiger partial charge is 0.226 e. The lowest BCUT2D eigenvalue weighted by molar-refractivity contribution is 0.0928. The van der Waals surface area contributed by atoms with E-state index >= 15 is 0 Å². The quantitative estimate of drug-likeness (QED) is 0.266. The van der Waals surface area contributed by atoms with Crippen molar-refractivity contribution >= 4 is 28.9 Å². The predicted octanol–water partition coefficient (Wildman–Crippen LogP) is 5.72. The second-order valence-electron chi connectivity index (χ2n) is 13.0. The van der Waals surface area contributed by atoms with Gasteiger partial charge in [0.15, 0.2) is 11.5 Å². The first kappa shape index (κ1) is 27.7. The van der Waals surface area contributed by atoms with E-state index in [1.807, 2.05) is 0 Å². The van der Waals surface area contributed by atoms with E-state index in [9.17, 15) is 5.11 Å². The van der Waals surface area contributed by atoms with Gasteiger partial charge in [-0.25, -0.2) is 0 Å². The van der Waals surface area contributed by atoms with Crippen LogP contribution < -0.4 is 15.5 Å². The lowest BCUT2D eigenvalue weighted by atomic mass is 9.79. The normalized spacial score (nSPS) is 28.4. The van der Waals surface area contributed by atoms with E-state index in [1.165, 1.54) is 50.5 Å². The van der Waals surface area contributed by atoms with Crippen molar-refractivity contribution in [3.63, 3.8) is 0 Å². The first-order valence-electron chi connectivity index (χ1n) is 16.0. The van der Waals surface area contributed by atoms with Crippen molar-refractivity contribution in [2.45, 2.75) is 76.4 Å². The molecular formula is C33H45N7O2. The van der Waals surface area contributed by atoms with E-state index in [0.717, 1.165) is 30.2 Å². The van der Waals surface area contributed by atoms with Crippen LogP contribution in [0.4, 0.5) is 17.7 Å². The van der Waals surface area contributed by atoms with Crippen LogP contribution in [0.2, 0.25) is 0 Å². The van der Waals surface area contributed by atoms with Gasteiger partial charge in [-0.15, -0.1) is 6.58 Å². The molecule has 3 aliphatic carbocycles. The summed E-state index contributed by atoms with van der Waals surface area (Å²) >= 11 is 0. The van der Waals surface area contributed by atoms with Crippen molar-refractivity contribution in [2.24, 2.45) is 17.3 Å². The maximum Gasteiger partial charge on any atom is 0.226 e. The molecule has 0 radical (unpaired) electrons. The van der Waals surface area contributed by atoms with E-state index in [0.29, 0.717) is 60.7 Å². The van der Waals surface area contributed by atoms with E-state index in [-0.39, 0.29) is 12.6 Å². The Morgan fingerprint density at radius 2 is 1.95 bits per heavy atom. The van der Waals surface area contributed by atoms with E-state index in [4.69, 9.17) is 19.7 Å². The van der Waals surface area contributed by atoms with Crippen molar-refractivity contribution in [1.29, 1.82) is 0 Å². The molecule has 1 aromatic carbocycles. The van der Waals surface area contributed by atoms with E-state index in [1.54, 1.807) is 0 Å². The third-order valence-corrected chi connectivity index (χ3v) is 10.5. The molecule has 1 aliphatic heterocycles. The zero-order chi connectivity index (χ0) is 28.7. The number of ether oxygens (including phenoxy) is 1. The van der Waals surface area contributed by atoms with Gasteiger partial charge in [0, 0.05) is 25.2 Å². The molecule has 3 saturated carbocycles. The minimum atomic E-state index is 0.0190. The zero-order valence-corrected chi connectivity index (χ0v) is 24.8. The van der Waals surface area contributed by atoms with Crippen LogP contribution in [-0.4, -0.2) is 63.6 Å². The molecule has 4 aliphatic rings. The number of nitrogens with zero attached hydrogens (tertiary/aromatic N) is 5. The summed E-state index contributed by atoms with van der Waals surface area (Å²) < 4.78 is 8.55. The summed E-state index contributed by atoms with van der Waals surface area (Å²) in [5.41, 5.74) is 3.25. The zero-order valence-electron chi connectivity index (χ0n) is 24.8. The number of aliphatic hydroxyl groups excluding tert-OH is 1. The summed E-state index contributed by atoms with van der Waals surface area (Å²) in [4.78, 5) is 17.7. The predicted molar refractivity (Wildman–Crippen MR) is 167 cm³/mol. The molecule has 42 heavy (non-hydrogen) atoms. The van der Waals surface area contributed by atoms with Crippen molar-refractivity contribution in [3.05, 3.63) is 48.6 Å². The van der Waals surface area contributed by atoms with Crippen molar-refractivity contribution in [1.82, 2.24) is 19.5 Å². The number of imidazole rings is 1. The number of benzene rings is 1. The Balaban J connectivity index is 1.35. The van der Waals surface area contributed by atoms with E-state index < -0.39 is 0 Å². The first-order chi connectivity index (χ1) is 20.6. The monoisotopic (exact) mass is 571 g/mol. The standard InChI is InChI=1S/C33H45N7O2/c1-3-23-12-14-33(15-13-23)20-27(33)40-28-29(35-22(2)24-10-7-11-24)36-31(34-16-18-41)37-30(28)38-32(40)39-17-19-42-21-26(39)25-8-5-4-6-9-25/h3-6,8-9,22-24,26-27,41H,1,7,10-21H2,2H3,(H2,34,35,36,37)/t22-,23?,26+,27-,33?/m1/s1.